The molecule has 3 N–H and O–H groups in total. The Kier molecular flexibility index (Phi) is 7.09. The summed E-state index contributed by atoms with van der Waals surface area (Å²) in [5.41, 5.74) is 8.27. The van der Waals surface area contributed by atoms with E-state index in [1.54, 1.807) is 48.2 Å². The molecule has 0 spiro atoms. The Hall–Kier alpha value is -2.09. The topological polar surface area (TPSA) is 92.5 Å². The van der Waals surface area contributed by atoms with Crippen LogP contribution in [0.25, 0.3) is 0 Å². The first-order chi connectivity index (χ1) is 12.8. The van der Waals surface area contributed by atoms with Crippen molar-refractivity contribution in [2.45, 2.75) is 37.6 Å². The van der Waals surface area contributed by atoms with E-state index >= 15 is 0 Å². The molecule has 0 radical (unpaired) electrons. The fourth-order valence-corrected chi connectivity index (χ4v) is 4.59. The maximum atomic E-state index is 12.8. The molecule has 1 amide bonds. The van der Waals surface area contributed by atoms with Crippen molar-refractivity contribution < 1.29 is 13.2 Å². The highest BCUT2D eigenvalue weighted by Crippen LogP contribution is 2.22. The largest absolute Gasteiger partial charge is 0.339 e. The fraction of sp³-hybridized carbons (Fsp3) is 0.350. The van der Waals surface area contributed by atoms with Gasteiger partial charge in [-0.15, -0.1) is 12.4 Å². The number of rotatable bonds is 4. The first kappa shape index (κ1) is 22.2. The number of hydrogen-bond acceptors (Lipinski definition) is 4. The van der Waals surface area contributed by atoms with Crippen LogP contribution in [0.1, 0.15) is 34.3 Å². The zero-order valence-corrected chi connectivity index (χ0v) is 17.6. The van der Waals surface area contributed by atoms with Gasteiger partial charge in [-0.25, -0.2) is 8.42 Å². The van der Waals surface area contributed by atoms with Crippen LogP contribution in [0, 0.1) is 13.8 Å². The Balaban J connectivity index is 0.00000280. The van der Waals surface area contributed by atoms with Gasteiger partial charge >= 0.3 is 0 Å². The second-order valence-corrected chi connectivity index (χ2v) is 8.74. The highest BCUT2D eigenvalue weighted by Gasteiger charge is 2.22. The number of hydrogen-bond donors (Lipinski definition) is 2. The summed E-state index contributed by atoms with van der Waals surface area (Å²) in [4.78, 5) is 14.7. The van der Waals surface area contributed by atoms with Crippen molar-refractivity contribution in [3.05, 3.63) is 59.2 Å². The summed E-state index contributed by atoms with van der Waals surface area (Å²) in [5.74, 6) is -0.102. The predicted molar refractivity (Wildman–Crippen MR) is 114 cm³/mol. The molecule has 0 unspecified atom stereocenters. The Morgan fingerprint density at radius 1 is 1.11 bits per heavy atom. The van der Waals surface area contributed by atoms with E-state index in [0.717, 1.165) is 18.4 Å². The van der Waals surface area contributed by atoms with Gasteiger partial charge in [0.1, 0.15) is 0 Å². The van der Waals surface area contributed by atoms with Gasteiger partial charge in [0.2, 0.25) is 0 Å². The summed E-state index contributed by atoms with van der Waals surface area (Å²) in [6.07, 6.45) is 1.56. The maximum absolute atomic E-state index is 12.8. The first-order valence-electron chi connectivity index (χ1n) is 9.01. The van der Waals surface area contributed by atoms with Gasteiger partial charge in [-0.1, -0.05) is 18.2 Å². The lowest BCUT2D eigenvalue weighted by Crippen LogP contribution is -2.42. The SMILES string of the molecule is Cc1ccc(C)c(S(=O)(=O)Nc2cccc(C(=O)N3CCC(N)CC3)c2)c1.Cl. The number of benzene rings is 2. The van der Waals surface area contributed by atoms with Gasteiger partial charge in [0.15, 0.2) is 0 Å². The van der Waals surface area contributed by atoms with Crippen molar-refractivity contribution in [2.75, 3.05) is 17.8 Å². The number of nitrogens with two attached hydrogens (primary N) is 1. The van der Waals surface area contributed by atoms with Crippen LogP contribution < -0.4 is 10.5 Å². The van der Waals surface area contributed by atoms with E-state index in [-0.39, 0.29) is 29.3 Å². The summed E-state index contributed by atoms with van der Waals surface area (Å²) in [5, 5.41) is 0. The molecule has 0 saturated carbocycles. The number of likely N-dealkylation sites (tertiary alicyclic amines) is 1. The van der Waals surface area contributed by atoms with Crippen LogP contribution in [-0.4, -0.2) is 38.4 Å². The van der Waals surface area contributed by atoms with Crippen molar-refractivity contribution in [2.24, 2.45) is 5.73 Å². The van der Waals surface area contributed by atoms with E-state index in [9.17, 15) is 13.2 Å². The minimum atomic E-state index is -3.73. The third-order valence-corrected chi connectivity index (χ3v) is 6.35. The van der Waals surface area contributed by atoms with E-state index < -0.39 is 10.0 Å². The molecule has 1 heterocycles. The summed E-state index contributed by atoms with van der Waals surface area (Å²) in [6, 6.07) is 12.1. The van der Waals surface area contributed by atoms with E-state index in [1.807, 2.05) is 13.0 Å². The average Bonchev–Trinajstić information content (AvgIpc) is 2.63. The molecule has 0 aromatic heterocycles. The van der Waals surface area contributed by atoms with Gasteiger partial charge in [0, 0.05) is 30.4 Å². The van der Waals surface area contributed by atoms with E-state index in [4.69, 9.17) is 5.73 Å². The highest BCUT2D eigenvalue weighted by molar-refractivity contribution is 7.92. The van der Waals surface area contributed by atoms with Gasteiger partial charge in [0.25, 0.3) is 15.9 Å². The van der Waals surface area contributed by atoms with E-state index in [0.29, 0.717) is 29.9 Å². The molecule has 1 saturated heterocycles. The second kappa shape index (κ2) is 8.94. The molecule has 6 nitrogen and oxygen atoms in total. The van der Waals surface area contributed by atoms with Crippen LogP contribution in [0.5, 0.6) is 0 Å². The molecule has 0 aliphatic carbocycles. The molecular formula is C20H26ClN3O3S. The number of anilines is 1. The van der Waals surface area contributed by atoms with Crippen molar-refractivity contribution >= 4 is 34.0 Å². The number of sulfonamides is 1. The summed E-state index contributed by atoms with van der Waals surface area (Å²) >= 11 is 0. The highest BCUT2D eigenvalue weighted by atomic mass is 35.5. The van der Waals surface area contributed by atoms with Crippen molar-refractivity contribution in [3.63, 3.8) is 0 Å². The minimum Gasteiger partial charge on any atom is -0.339 e. The number of nitrogens with one attached hydrogen (secondary N) is 1. The standard InChI is InChI=1S/C20H25N3O3S.ClH/c1-14-6-7-15(2)19(12-14)27(25,26)22-18-5-3-4-16(13-18)20(24)23-10-8-17(21)9-11-23;/h3-7,12-13,17,22H,8-11,21H2,1-2H3;1H. The van der Waals surface area contributed by atoms with Crippen LogP contribution in [0.2, 0.25) is 0 Å². The molecule has 2 aromatic rings. The molecular weight excluding hydrogens is 398 g/mol. The van der Waals surface area contributed by atoms with Crippen LogP contribution in [-0.2, 0) is 10.0 Å². The Labute approximate surface area is 172 Å². The molecule has 8 heteroatoms. The minimum absolute atomic E-state index is 0. The number of amides is 1. The molecule has 1 aliphatic rings. The number of aryl methyl sites for hydroxylation is 2. The Morgan fingerprint density at radius 3 is 2.46 bits per heavy atom. The normalized spacial score (nSPS) is 15.0. The smallest absolute Gasteiger partial charge is 0.262 e. The zero-order valence-electron chi connectivity index (χ0n) is 16.0. The van der Waals surface area contributed by atoms with Crippen LogP contribution in [0.15, 0.2) is 47.4 Å². The van der Waals surface area contributed by atoms with E-state index in [2.05, 4.69) is 4.72 Å². The lowest BCUT2D eigenvalue weighted by Gasteiger charge is -2.30. The average molecular weight is 424 g/mol. The Morgan fingerprint density at radius 2 is 1.79 bits per heavy atom. The lowest BCUT2D eigenvalue weighted by molar-refractivity contribution is 0.0715. The predicted octanol–water partition coefficient (Wildman–Crippen LogP) is 3.09. The number of nitrogens with zero attached hydrogens (tertiary/aromatic N) is 1. The van der Waals surface area contributed by atoms with Gasteiger partial charge in [0.05, 0.1) is 4.90 Å². The van der Waals surface area contributed by atoms with Crippen LogP contribution in [0.4, 0.5) is 5.69 Å². The first-order valence-corrected chi connectivity index (χ1v) is 10.5. The molecule has 1 fully saturated rings. The number of piperidine rings is 1. The quantitative estimate of drug-likeness (QED) is 0.790. The third kappa shape index (κ3) is 5.04. The van der Waals surface area contributed by atoms with Crippen molar-refractivity contribution in [3.8, 4) is 0 Å². The summed E-state index contributed by atoms with van der Waals surface area (Å²) in [6.45, 7) is 4.86. The lowest BCUT2D eigenvalue weighted by atomic mass is 10.0. The zero-order chi connectivity index (χ0) is 19.6. The summed E-state index contributed by atoms with van der Waals surface area (Å²) < 4.78 is 28.1. The molecule has 0 bridgehead atoms. The fourth-order valence-electron chi connectivity index (χ4n) is 3.21. The van der Waals surface area contributed by atoms with Gasteiger partial charge < -0.3 is 10.6 Å². The summed E-state index contributed by atoms with van der Waals surface area (Å²) in [7, 11) is -3.73. The Bertz CT molecular complexity index is 955. The third-order valence-electron chi connectivity index (χ3n) is 4.82. The molecule has 3 rings (SSSR count). The number of halogens is 1. The van der Waals surface area contributed by atoms with Crippen LogP contribution in [0.3, 0.4) is 0 Å². The van der Waals surface area contributed by atoms with Crippen LogP contribution >= 0.6 is 12.4 Å². The molecule has 2 aromatic carbocycles. The molecule has 152 valence electrons. The van der Waals surface area contributed by atoms with Gasteiger partial charge in [-0.3, -0.25) is 9.52 Å². The molecule has 1 aliphatic heterocycles. The number of carbonyl (C=O) groups excluding carboxylic acids is 1. The molecule has 0 atom stereocenters. The monoisotopic (exact) mass is 423 g/mol. The van der Waals surface area contributed by atoms with E-state index in [1.165, 1.54) is 0 Å². The number of carbonyl (C=O) groups is 1. The van der Waals surface area contributed by atoms with Gasteiger partial charge in [-0.05, 0) is 62.1 Å². The van der Waals surface area contributed by atoms with Crippen molar-refractivity contribution in [1.82, 2.24) is 4.90 Å². The van der Waals surface area contributed by atoms with Gasteiger partial charge in [-0.2, -0.15) is 0 Å². The second-order valence-electron chi connectivity index (χ2n) is 7.08. The maximum Gasteiger partial charge on any atom is 0.262 e. The molecule has 28 heavy (non-hydrogen) atoms. The van der Waals surface area contributed by atoms with Crippen molar-refractivity contribution in [1.29, 1.82) is 0 Å².